The van der Waals surface area contributed by atoms with Gasteiger partial charge in [-0.2, -0.15) is 0 Å². The van der Waals surface area contributed by atoms with Crippen LogP contribution in [0.15, 0.2) is 54.6 Å². The first-order valence-corrected chi connectivity index (χ1v) is 9.57. The average molecular weight is 345 g/mol. The summed E-state index contributed by atoms with van der Waals surface area (Å²) in [6.45, 7) is 0.327. The van der Waals surface area contributed by atoms with Crippen LogP contribution in [0.1, 0.15) is 62.0 Å². The predicted molar refractivity (Wildman–Crippen MR) is 104 cm³/mol. The molecule has 2 aromatic carbocycles. The van der Waals surface area contributed by atoms with Crippen molar-refractivity contribution < 1.29 is 5.11 Å². The number of aliphatic hydroxyl groups excluding tert-OH is 1. The normalized spacial score (nSPS) is 12.2. The fourth-order valence-electron chi connectivity index (χ4n) is 3.26. The van der Waals surface area contributed by atoms with Crippen LogP contribution in [0.5, 0.6) is 0 Å². The summed E-state index contributed by atoms with van der Waals surface area (Å²) in [4.78, 5) is 0. The molecule has 0 heterocycles. The van der Waals surface area contributed by atoms with E-state index in [9.17, 15) is 0 Å². The molecule has 0 aliphatic carbocycles. The smallest absolute Gasteiger partial charge is 0.0431 e. The summed E-state index contributed by atoms with van der Waals surface area (Å²) in [6, 6.07) is 19.1. The minimum absolute atomic E-state index is 0.327. The van der Waals surface area contributed by atoms with Gasteiger partial charge in [0.1, 0.15) is 0 Å². The van der Waals surface area contributed by atoms with Gasteiger partial charge in [-0.15, -0.1) is 0 Å². The zero-order valence-corrected chi connectivity index (χ0v) is 15.2. The van der Waals surface area contributed by atoms with E-state index in [-0.39, 0.29) is 0 Å². The van der Waals surface area contributed by atoms with Crippen molar-refractivity contribution in [2.45, 2.75) is 57.3 Å². The number of aliphatic hydroxyl groups is 1. The first-order chi connectivity index (χ1) is 11.8. The molecule has 0 aromatic heterocycles. The fourth-order valence-corrected chi connectivity index (χ4v) is 3.45. The third-order valence-corrected chi connectivity index (χ3v) is 4.84. The van der Waals surface area contributed by atoms with Crippen LogP contribution in [0.3, 0.4) is 0 Å². The van der Waals surface area contributed by atoms with Gasteiger partial charge in [-0.1, -0.05) is 86.2 Å². The molecule has 0 aliphatic heterocycles. The number of hydrogen-bond donors (Lipinski definition) is 1. The molecule has 0 aliphatic rings. The van der Waals surface area contributed by atoms with Crippen LogP contribution in [0.4, 0.5) is 0 Å². The molecule has 1 N–H and O–H groups in total. The molecule has 0 bridgehead atoms. The molecule has 0 amide bonds. The van der Waals surface area contributed by atoms with Gasteiger partial charge >= 0.3 is 0 Å². The van der Waals surface area contributed by atoms with Crippen molar-refractivity contribution >= 4 is 11.6 Å². The maximum absolute atomic E-state index is 8.82. The summed E-state index contributed by atoms with van der Waals surface area (Å²) in [5.41, 5.74) is 2.75. The predicted octanol–water partition coefficient (Wildman–Crippen LogP) is 6.39. The van der Waals surface area contributed by atoms with Crippen LogP contribution < -0.4 is 0 Å². The Balaban J connectivity index is 1.88. The third kappa shape index (κ3) is 7.07. The topological polar surface area (TPSA) is 20.2 Å². The lowest BCUT2D eigenvalue weighted by molar-refractivity contribution is 0.282. The van der Waals surface area contributed by atoms with Crippen LogP contribution in [0, 0.1) is 0 Å². The molecule has 2 aromatic rings. The maximum atomic E-state index is 8.82. The van der Waals surface area contributed by atoms with Gasteiger partial charge in [-0.3, -0.25) is 0 Å². The summed E-state index contributed by atoms with van der Waals surface area (Å²) in [5.74, 6) is 0.531. The van der Waals surface area contributed by atoms with Crippen molar-refractivity contribution in [2.75, 3.05) is 6.61 Å². The largest absolute Gasteiger partial charge is 0.396 e. The van der Waals surface area contributed by atoms with Crippen LogP contribution in [0.2, 0.25) is 5.02 Å². The zero-order valence-electron chi connectivity index (χ0n) is 14.5. The molecule has 130 valence electrons. The lowest BCUT2D eigenvalue weighted by Crippen LogP contribution is -2.03. The van der Waals surface area contributed by atoms with Gasteiger partial charge in [0.25, 0.3) is 0 Å². The molecule has 2 heteroatoms. The van der Waals surface area contributed by atoms with E-state index in [4.69, 9.17) is 16.7 Å². The Morgan fingerprint density at radius 2 is 1.50 bits per heavy atom. The summed E-state index contributed by atoms with van der Waals surface area (Å²) in [5, 5.41) is 9.65. The molecule has 1 nitrogen and oxygen atoms in total. The van der Waals surface area contributed by atoms with Gasteiger partial charge < -0.3 is 5.11 Å². The van der Waals surface area contributed by atoms with E-state index in [1.54, 1.807) is 0 Å². The van der Waals surface area contributed by atoms with Crippen LogP contribution >= 0.6 is 11.6 Å². The Bertz CT molecular complexity index is 567. The number of benzene rings is 2. The maximum Gasteiger partial charge on any atom is 0.0431 e. The Morgan fingerprint density at radius 1 is 0.792 bits per heavy atom. The first kappa shape index (κ1) is 19.0. The van der Waals surface area contributed by atoms with E-state index in [0.29, 0.717) is 12.5 Å². The SMILES string of the molecule is OCCCCCCCCC(Cc1ccccc1)c1cccc(Cl)c1. The van der Waals surface area contributed by atoms with Gasteiger partial charge in [0.2, 0.25) is 0 Å². The monoisotopic (exact) mass is 344 g/mol. The average Bonchev–Trinajstić information content (AvgIpc) is 2.61. The standard InChI is InChI=1S/C22H29ClO/c23-22-15-10-14-21(18-22)20(17-19-11-6-5-7-12-19)13-8-3-1-2-4-9-16-24/h5-7,10-12,14-15,18,20,24H,1-4,8-9,13,16-17H2. The molecule has 0 fully saturated rings. The molecular formula is C22H29ClO. The van der Waals surface area contributed by atoms with Crippen molar-refractivity contribution in [3.05, 3.63) is 70.7 Å². The molecule has 0 saturated carbocycles. The molecule has 2 rings (SSSR count). The van der Waals surface area contributed by atoms with Crippen LogP contribution in [-0.4, -0.2) is 11.7 Å². The molecule has 0 radical (unpaired) electrons. The zero-order chi connectivity index (χ0) is 17.0. The van der Waals surface area contributed by atoms with Gasteiger partial charge in [0, 0.05) is 11.6 Å². The van der Waals surface area contributed by atoms with Crippen molar-refractivity contribution in [2.24, 2.45) is 0 Å². The lowest BCUT2D eigenvalue weighted by atomic mass is 9.87. The van der Waals surface area contributed by atoms with E-state index >= 15 is 0 Å². The number of hydrogen-bond acceptors (Lipinski definition) is 1. The van der Waals surface area contributed by atoms with E-state index in [2.05, 4.69) is 48.5 Å². The second kappa shape index (κ2) is 11.3. The van der Waals surface area contributed by atoms with Crippen LogP contribution in [-0.2, 0) is 6.42 Å². The second-order valence-electron chi connectivity index (χ2n) is 6.58. The summed E-state index contributed by atoms with van der Waals surface area (Å²) < 4.78 is 0. The lowest BCUT2D eigenvalue weighted by Gasteiger charge is -2.18. The van der Waals surface area contributed by atoms with Gasteiger partial charge in [-0.25, -0.2) is 0 Å². The Morgan fingerprint density at radius 3 is 2.21 bits per heavy atom. The summed E-state index contributed by atoms with van der Waals surface area (Å²) in [6.07, 6.45) is 9.41. The van der Waals surface area contributed by atoms with Crippen molar-refractivity contribution in [3.8, 4) is 0 Å². The number of halogens is 1. The van der Waals surface area contributed by atoms with Crippen molar-refractivity contribution in [1.29, 1.82) is 0 Å². The highest BCUT2D eigenvalue weighted by atomic mass is 35.5. The highest BCUT2D eigenvalue weighted by Gasteiger charge is 2.12. The van der Waals surface area contributed by atoms with E-state index < -0.39 is 0 Å². The van der Waals surface area contributed by atoms with E-state index in [1.807, 2.05) is 6.07 Å². The molecule has 0 spiro atoms. The summed E-state index contributed by atoms with van der Waals surface area (Å²) >= 11 is 6.20. The quantitative estimate of drug-likeness (QED) is 0.468. The minimum Gasteiger partial charge on any atom is -0.396 e. The number of rotatable bonds is 11. The second-order valence-corrected chi connectivity index (χ2v) is 7.01. The van der Waals surface area contributed by atoms with Crippen LogP contribution in [0.25, 0.3) is 0 Å². The number of unbranched alkanes of at least 4 members (excludes halogenated alkanes) is 5. The highest BCUT2D eigenvalue weighted by molar-refractivity contribution is 6.30. The fraction of sp³-hybridized carbons (Fsp3) is 0.455. The van der Waals surface area contributed by atoms with E-state index in [0.717, 1.165) is 24.3 Å². The molecular weight excluding hydrogens is 316 g/mol. The van der Waals surface area contributed by atoms with Gasteiger partial charge in [0.15, 0.2) is 0 Å². The Kier molecular flexibility index (Phi) is 8.94. The van der Waals surface area contributed by atoms with E-state index in [1.165, 1.54) is 43.2 Å². The first-order valence-electron chi connectivity index (χ1n) is 9.20. The molecule has 24 heavy (non-hydrogen) atoms. The molecule has 1 unspecified atom stereocenters. The highest BCUT2D eigenvalue weighted by Crippen LogP contribution is 2.28. The minimum atomic E-state index is 0.327. The summed E-state index contributed by atoms with van der Waals surface area (Å²) in [7, 11) is 0. The molecule has 1 atom stereocenters. The Hall–Kier alpha value is -1.31. The van der Waals surface area contributed by atoms with Crippen molar-refractivity contribution in [1.82, 2.24) is 0 Å². The van der Waals surface area contributed by atoms with Crippen molar-refractivity contribution in [3.63, 3.8) is 0 Å². The Labute approximate surface area is 151 Å². The van der Waals surface area contributed by atoms with Gasteiger partial charge in [0.05, 0.1) is 0 Å². The molecule has 0 saturated heterocycles. The van der Waals surface area contributed by atoms with Gasteiger partial charge in [-0.05, 0) is 48.4 Å². The third-order valence-electron chi connectivity index (χ3n) is 4.61.